The second-order valence-electron chi connectivity index (χ2n) is 4.84. The monoisotopic (exact) mass is 264 g/mol. The molecule has 102 valence electrons. The average Bonchev–Trinajstić information content (AvgIpc) is 2.47. The first-order chi connectivity index (χ1) is 9.74. The Kier molecular flexibility index (Phi) is 5.19. The van der Waals surface area contributed by atoms with E-state index in [1.807, 2.05) is 43.3 Å². The van der Waals surface area contributed by atoms with Gasteiger partial charge in [0.15, 0.2) is 0 Å². The zero-order chi connectivity index (χ0) is 14.2. The molecule has 0 radical (unpaired) electrons. The van der Waals surface area contributed by atoms with Gasteiger partial charge in [0.2, 0.25) is 0 Å². The minimum Gasteiger partial charge on any atom is -0.493 e. The van der Waals surface area contributed by atoms with Crippen LogP contribution < -0.4 is 4.74 Å². The molecule has 2 aromatic rings. The molecule has 0 N–H and O–H groups in total. The number of ether oxygens (including phenoxy) is 1. The van der Waals surface area contributed by atoms with Crippen molar-refractivity contribution in [2.24, 2.45) is 0 Å². The van der Waals surface area contributed by atoms with Crippen molar-refractivity contribution < 1.29 is 4.74 Å². The number of benzene rings is 2. The number of rotatable bonds is 6. The third-order valence-corrected chi connectivity index (χ3v) is 2.92. The van der Waals surface area contributed by atoms with Gasteiger partial charge in [0.1, 0.15) is 5.75 Å². The summed E-state index contributed by atoms with van der Waals surface area (Å²) >= 11 is 0. The van der Waals surface area contributed by atoms with Crippen molar-refractivity contribution in [3.05, 3.63) is 84.0 Å². The Hall–Kier alpha value is -2.28. The maximum Gasteiger partial charge on any atom is 0.119 e. The fourth-order valence-electron chi connectivity index (χ4n) is 1.88. The maximum absolute atomic E-state index is 5.80. The summed E-state index contributed by atoms with van der Waals surface area (Å²) in [6.07, 6.45) is 4.97. The standard InChI is InChI=1S/C19H20O/c1-16(2)11-12-18-9-6-10-19(15-18)20-14-13-17-7-4-3-5-8-17/h3-12,15H,1,13-14H2,2H3/b12-11-. The van der Waals surface area contributed by atoms with Gasteiger partial charge in [-0.3, -0.25) is 0 Å². The van der Waals surface area contributed by atoms with E-state index in [0.29, 0.717) is 6.61 Å². The molecule has 2 rings (SSSR count). The molecule has 0 spiro atoms. The molecule has 0 saturated carbocycles. The summed E-state index contributed by atoms with van der Waals surface area (Å²) in [5, 5.41) is 0. The summed E-state index contributed by atoms with van der Waals surface area (Å²) in [7, 11) is 0. The van der Waals surface area contributed by atoms with E-state index >= 15 is 0 Å². The molecule has 0 heterocycles. The van der Waals surface area contributed by atoms with E-state index in [4.69, 9.17) is 4.74 Å². The summed E-state index contributed by atoms with van der Waals surface area (Å²) in [6, 6.07) is 18.5. The minimum absolute atomic E-state index is 0.692. The first kappa shape index (κ1) is 14.1. The van der Waals surface area contributed by atoms with Crippen LogP contribution in [0, 0.1) is 0 Å². The Labute approximate surface area is 121 Å². The Morgan fingerprint density at radius 3 is 2.65 bits per heavy atom. The van der Waals surface area contributed by atoms with Crippen molar-refractivity contribution in [3.8, 4) is 5.75 Å². The van der Waals surface area contributed by atoms with Crippen LogP contribution in [0.5, 0.6) is 5.75 Å². The highest BCUT2D eigenvalue weighted by Gasteiger charge is 1.96. The highest BCUT2D eigenvalue weighted by molar-refractivity contribution is 5.54. The predicted molar refractivity (Wildman–Crippen MR) is 85.9 cm³/mol. The third-order valence-electron chi connectivity index (χ3n) is 2.92. The van der Waals surface area contributed by atoms with Crippen LogP contribution in [0.1, 0.15) is 18.1 Å². The molecule has 0 aliphatic heterocycles. The van der Waals surface area contributed by atoms with Gasteiger partial charge in [-0.05, 0) is 30.2 Å². The van der Waals surface area contributed by atoms with E-state index in [-0.39, 0.29) is 0 Å². The van der Waals surface area contributed by atoms with E-state index in [1.165, 1.54) is 5.56 Å². The normalized spacial score (nSPS) is 10.7. The van der Waals surface area contributed by atoms with Gasteiger partial charge in [0.25, 0.3) is 0 Å². The molecule has 0 aromatic heterocycles. The van der Waals surface area contributed by atoms with E-state index in [2.05, 4.69) is 36.9 Å². The lowest BCUT2D eigenvalue weighted by molar-refractivity contribution is 0.322. The minimum atomic E-state index is 0.692. The molecule has 0 aliphatic rings. The zero-order valence-corrected chi connectivity index (χ0v) is 11.9. The lowest BCUT2D eigenvalue weighted by atomic mass is 10.1. The van der Waals surface area contributed by atoms with Crippen LogP contribution in [0.15, 0.2) is 72.8 Å². The van der Waals surface area contributed by atoms with Gasteiger partial charge in [-0.15, -0.1) is 0 Å². The summed E-state index contributed by atoms with van der Waals surface area (Å²) in [6.45, 7) is 6.53. The molecule has 0 saturated heterocycles. The van der Waals surface area contributed by atoms with Gasteiger partial charge in [-0.1, -0.05) is 66.8 Å². The molecule has 2 aromatic carbocycles. The van der Waals surface area contributed by atoms with Crippen LogP contribution in [0.2, 0.25) is 0 Å². The SMILES string of the molecule is C=C(C)/C=C\c1cccc(OCCc2ccccc2)c1. The van der Waals surface area contributed by atoms with Crippen molar-refractivity contribution in [3.63, 3.8) is 0 Å². The van der Waals surface area contributed by atoms with Crippen LogP contribution in [0.3, 0.4) is 0 Å². The Balaban J connectivity index is 1.90. The van der Waals surface area contributed by atoms with Crippen LogP contribution in [-0.4, -0.2) is 6.61 Å². The zero-order valence-electron chi connectivity index (χ0n) is 11.9. The van der Waals surface area contributed by atoms with Gasteiger partial charge >= 0.3 is 0 Å². The largest absolute Gasteiger partial charge is 0.493 e. The van der Waals surface area contributed by atoms with Gasteiger partial charge in [0.05, 0.1) is 6.61 Å². The molecule has 0 amide bonds. The van der Waals surface area contributed by atoms with Crippen molar-refractivity contribution in [2.75, 3.05) is 6.61 Å². The highest BCUT2D eigenvalue weighted by atomic mass is 16.5. The van der Waals surface area contributed by atoms with Crippen LogP contribution in [0.25, 0.3) is 6.08 Å². The molecular formula is C19H20O. The first-order valence-electron chi connectivity index (χ1n) is 6.84. The van der Waals surface area contributed by atoms with Crippen molar-refractivity contribution in [2.45, 2.75) is 13.3 Å². The van der Waals surface area contributed by atoms with Gasteiger partial charge in [-0.25, -0.2) is 0 Å². The molecule has 0 atom stereocenters. The number of hydrogen-bond acceptors (Lipinski definition) is 1. The average molecular weight is 264 g/mol. The molecule has 0 bridgehead atoms. The Morgan fingerprint density at radius 2 is 1.90 bits per heavy atom. The quantitative estimate of drug-likeness (QED) is 0.674. The predicted octanol–water partition coefficient (Wildman–Crippen LogP) is 4.90. The van der Waals surface area contributed by atoms with Crippen molar-refractivity contribution in [1.82, 2.24) is 0 Å². The van der Waals surface area contributed by atoms with E-state index in [0.717, 1.165) is 23.3 Å². The lowest BCUT2D eigenvalue weighted by Crippen LogP contribution is -2.01. The molecule has 0 fully saturated rings. The second-order valence-corrected chi connectivity index (χ2v) is 4.84. The van der Waals surface area contributed by atoms with Gasteiger partial charge in [-0.2, -0.15) is 0 Å². The summed E-state index contributed by atoms with van der Waals surface area (Å²) in [4.78, 5) is 0. The Morgan fingerprint density at radius 1 is 1.10 bits per heavy atom. The van der Waals surface area contributed by atoms with Gasteiger partial charge in [0, 0.05) is 6.42 Å². The maximum atomic E-state index is 5.80. The van der Waals surface area contributed by atoms with Crippen LogP contribution >= 0.6 is 0 Å². The summed E-state index contributed by atoms with van der Waals surface area (Å²) in [5.74, 6) is 0.907. The fraction of sp³-hybridized carbons (Fsp3) is 0.158. The third kappa shape index (κ3) is 4.77. The first-order valence-corrected chi connectivity index (χ1v) is 6.84. The van der Waals surface area contributed by atoms with E-state index < -0.39 is 0 Å². The smallest absolute Gasteiger partial charge is 0.119 e. The van der Waals surface area contributed by atoms with Gasteiger partial charge < -0.3 is 4.74 Å². The van der Waals surface area contributed by atoms with Crippen molar-refractivity contribution in [1.29, 1.82) is 0 Å². The fourth-order valence-corrected chi connectivity index (χ4v) is 1.88. The van der Waals surface area contributed by atoms with Crippen LogP contribution in [-0.2, 0) is 6.42 Å². The Bertz CT molecular complexity index is 582. The second kappa shape index (κ2) is 7.34. The lowest BCUT2D eigenvalue weighted by Gasteiger charge is -2.07. The van der Waals surface area contributed by atoms with E-state index in [1.54, 1.807) is 0 Å². The number of allylic oxidation sites excluding steroid dienone is 2. The molecular weight excluding hydrogens is 244 g/mol. The number of hydrogen-bond donors (Lipinski definition) is 0. The molecule has 0 aliphatic carbocycles. The highest BCUT2D eigenvalue weighted by Crippen LogP contribution is 2.15. The topological polar surface area (TPSA) is 9.23 Å². The van der Waals surface area contributed by atoms with Crippen LogP contribution in [0.4, 0.5) is 0 Å². The summed E-state index contributed by atoms with van der Waals surface area (Å²) < 4.78 is 5.80. The summed E-state index contributed by atoms with van der Waals surface area (Å²) in [5.41, 5.74) is 3.47. The van der Waals surface area contributed by atoms with Crippen molar-refractivity contribution >= 4 is 6.08 Å². The van der Waals surface area contributed by atoms with E-state index in [9.17, 15) is 0 Å². The molecule has 1 nitrogen and oxygen atoms in total. The molecule has 0 unspecified atom stereocenters. The molecule has 1 heteroatoms. The molecule has 20 heavy (non-hydrogen) atoms.